The standard InChI is InChI=1S/C23H30N8O/c1-5-30(6-2)23-26-19-20(28-23)27-22(29-21(19)31-9-11-32-12-10-31)25-16-7-8-18-17(13-16)14(3)15(4)24-18/h7-8,13,24H,5-6,9-12H2,1-4H3,(H2,25,26,27,28,29). The number of nitrogens with one attached hydrogen (secondary N) is 3. The number of ether oxygens (including phenoxy) is 1. The molecule has 1 aliphatic heterocycles. The highest BCUT2D eigenvalue weighted by molar-refractivity contribution is 5.89. The quantitative estimate of drug-likeness (QED) is 0.424. The number of fused-ring (bicyclic) bond motifs is 2. The zero-order chi connectivity index (χ0) is 22.2. The molecule has 4 aromatic rings. The summed E-state index contributed by atoms with van der Waals surface area (Å²) in [4.78, 5) is 25.8. The van der Waals surface area contributed by atoms with E-state index >= 15 is 0 Å². The van der Waals surface area contributed by atoms with E-state index in [0.29, 0.717) is 24.8 Å². The lowest BCUT2D eigenvalue weighted by molar-refractivity contribution is 0.122. The van der Waals surface area contributed by atoms with Gasteiger partial charge in [0.1, 0.15) is 5.52 Å². The van der Waals surface area contributed by atoms with Gasteiger partial charge in [-0.05, 0) is 51.5 Å². The third kappa shape index (κ3) is 3.62. The number of aromatic nitrogens is 5. The van der Waals surface area contributed by atoms with Crippen LogP contribution in [0.15, 0.2) is 18.2 Å². The number of H-pyrrole nitrogens is 2. The first-order valence-corrected chi connectivity index (χ1v) is 11.3. The van der Waals surface area contributed by atoms with Crippen molar-refractivity contribution in [3.05, 3.63) is 29.5 Å². The molecule has 1 fully saturated rings. The van der Waals surface area contributed by atoms with Crippen molar-refractivity contribution in [3.8, 4) is 0 Å². The van der Waals surface area contributed by atoms with Crippen molar-refractivity contribution in [2.24, 2.45) is 0 Å². The maximum absolute atomic E-state index is 5.55. The molecule has 4 heterocycles. The van der Waals surface area contributed by atoms with Gasteiger partial charge in [0, 0.05) is 48.5 Å². The van der Waals surface area contributed by atoms with Gasteiger partial charge >= 0.3 is 0 Å². The summed E-state index contributed by atoms with van der Waals surface area (Å²) in [5, 5.41) is 4.61. The van der Waals surface area contributed by atoms with Gasteiger partial charge in [0.15, 0.2) is 11.5 Å². The van der Waals surface area contributed by atoms with Gasteiger partial charge in [-0.25, -0.2) is 0 Å². The van der Waals surface area contributed by atoms with E-state index in [9.17, 15) is 0 Å². The summed E-state index contributed by atoms with van der Waals surface area (Å²) in [5.41, 5.74) is 6.06. The molecule has 1 saturated heterocycles. The molecule has 3 N–H and O–H groups in total. The predicted octanol–water partition coefficient (Wildman–Crippen LogP) is 3.88. The van der Waals surface area contributed by atoms with Gasteiger partial charge in [-0.15, -0.1) is 0 Å². The van der Waals surface area contributed by atoms with Gasteiger partial charge < -0.3 is 29.8 Å². The molecule has 3 aromatic heterocycles. The molecule has 9 nitrogen and oxygen atoms in total. The fourth-order valence-electron chi connectivity index (χ4n) is 4.27. The van der Waals surface area contributed by atoms with E-state index in [2.05, 4.69) is 64.9 Å². The number of imidazole rings is 1. The van der Waals surface area contributed by atoms with E-state index in [0.717, 1.165) is 54.7 Å². The molecule has 32 heavy (non-hydrogen) atoms. The topological polar surface area (TPSA) is 98.0 Å². The summed E-state index contributed by atoms with van der Waals surface area (Å²) in [6, 6.07) is 6.28. The van der Waals surface area contributed by atoms with Gasteiger partial charge in [0.25, 0.3) is 0 Å². The smallest absolute Gasteiger partial charge is 0.231 e. The lowest BCUT2D eigenvalue weighted by atomic mass is 10.1. The minimum absolute atomic E-state index is 0.542. The molecule has 0 spiro atoms. The largest absolute Gasteiger partial charge is 0.378 e. The second-order valence-electron chi connectivity index (χ2n) is 8.16. The van der Waals surface area contributed by atoms with Crippen LogP contribution in [0, 0.1) is 13.8 Å². The molecule has 1 aliphatic rings. The van der Waals surface area contributed by atoms with Crippen LogP contribution in [0.1, 0.15) is 25.1 Å². The lowest BCUT2D eigenvalue weighted by Crippen LogP contribution is -2.37. The minimum Gasteiger partial charge on any atom is -0.378 e. The second kappa shape index (κ2) is 8.31. The average molecular weight is 435 g/mol. The van der Waals surface area contributed by atoms with E-state index < -0.39 is 0 Å². The number of nitrogens with zero attached hydrogens (tertiary/aromatic N) is 5. The van der Waals surface area contributed by atoms with E-state index in [1.165, 1.54) is 16.6 Å². The Labute approximate surface area is 187 Å². The van der Waals surface area contributed by atoms with Crippen LogP contribution < -0.4 is 15.1 Å². The Hall–Kier alpha value is -3.33. The lowest BCUT2D eigenvalue weighted by Gasteiger charge is -2.28. The molecule has 0 amide bonds. The Morgan fingerprint density at radius 1 is 1.06 bits per heavy atom. The van der Waals surface area contributed by atoms with E-state index in [4.69, 9.17) is 19.7 Å². The predicted molar refractivity (Wildman–Crippen MR) is 129 cm³/mol. The summed E-state index contributed by atoms with van der Waals surface area (Å²) < 4.78 is 5.55. The third-order valence-corrected chi connectivity index (χ3v) is 6.26. The number of anilines is 4. The molecular weight excluding hydrogens is 404 g/mol. The Kier molecular flexibility index (Phi) is 5.34. The summed E-state index contributed by atoms with van der Waals surface area (Å²) in [6.07, 6.45) is 0. The van der Waals surface area contributed by atoms with Crippen molar-refractivity contribution in [2.75, 3.05) is 54.5 Å². The number of rotatable bonds is 6. The van der Waals surface area contributed by atoms with Crippen LogP contribution in [0.2, 0.25) is 0 Å². The molecule has 0 bridgehead atoms. The number of morpholine rings is 1. The SMILES string of the molecule is CCN(CC)c1nc2nc(Nc3ccc4[nH]c(C)c(C)c4c3)nc(N3CCOCC3)c2[nH]1. The molecule has 0 radical (unpaired) electrons. The summed E-state index contributed by atoms with van der Waals surface area (Å²) in [5.74, 6) is 2.23. The highest BCUT2D eigenvalue weighted by Gasteiger charge is 2.21. The number of aromatic amines is 2. The van der Waals surface area contributed by atoms with Crippen LogP contribution in [-0.4, -0.2) is 64.3 Å². The molecule has 5 rings (SSSR count). The van der Waals surface area contributed by atoms with Crippen molar-refractivity contribution in [1.82, 2.24) is 24.9 Å². The maximum atomic E-state index is 5.55. The van der Waals surface area contributed by atoms with Gasteiger partial charge in [-0.2, -0.15) is 15.0 Å². The van der Waals surface area contributed by atoms with Crippen molar-refractivity contribution >= 4 is 45.5 Å². The van der Waals surface area contributed by atoms with Gasteiger partial charge in [-0.3, -0.25) is 0 Å². The maximum Gasteiger partial charge on any atom is 0.231 e. The van der Waals surface area contributed by atoms with Crippen LogP contribution in [0.4, 0.5) is 23.4 Å². The number of hydrogen-bond donors (Lipinski definition) is 3. The second-order valence-corrected chi connectivity index (χ2v) is 8.16. The Balaban J connectivity index is 1.57. The van der Waals surface area contributed by atoms with E-state index in [1.807, 2.05) is 6.07 Å². The minimum atomic E-state index is 0.542. The highest BCUT2D eigenvalue weighted by Crippen LogP contribution is 2.29. The fourth-order valence-corrected chi connectivity index (χ4v) is 4.27. The molecular formula is C23H30N8O. The van der Waals surface area contributed by atoms with Gasteiger partial charge in [0.2, 0.25) is 11.9 Å². The molecule has 168 valence electrons. The molecule has 0 unspecified atom stereocenters. The number of hydrogen-bond acceptors (Lipinski definition) is 7. The van der Waals surface area contributed by atoms with Gasteiger partial charge in [0.05, 0.1) is 13.2 Å². The number of aryl methyl sites for hydroxylation is 2. The Morgan fingerprint density at radius 2 is 1.84 bits per heavy atom. The molecule has 1 aromatic carbocycles. The molecule has 0 atom stereocenters. The van der Waals surface area contributed by atoms with Crippen molar-refractivity contribution in [1.29, 1.82) is 0 Å². The van der Waals surface area contributed by atoms with E-state index in [-0.39, 0.29) is 0 Å². The molecule has 9 heteroatoms. The Bertz CT molecular complexity index is 1250. The first-order chi connectivity index (χ1) is 15.6. The Morgan fingerprint density at radius 3 is 2.59 bits per heavy atom. The van der Waals surface area contributed by atoms with Crippen molar-refractivity contribution in [2.45, 2.75) is 27.7 Å². The van der Waals surface area contributed by atoms with Gasteiger partial charge in [-0.1, -0.05) is 0 Å². The molecule has 0 saturated carbocycles. The summed E-state index contributed by atoms with van der Waals surface area (Å²) >= 11 is 0. The zero-order valence-electron chi connectivity index (χ0n) is 19.1. The third-order valence-electron chi connectivity index (χ3n) is 6.26. The van der Waals surface area contributed by atoms with Crippen LogP contribution in [0.25, 0.3) is 22.1 Å². The van der Waals surface area contributed by atoms with Crippen molar-refractivity contribution < 1.29 is 4.74 Å². The first-order valence-electron chi connectivity index (χ1n) is 11.3. The average Bonchev–Trinajstić information content (AvgIpc) is 3.35. The van der Waals surface area contributed by atoms with Crippen LogP contribution in [0.3, 0.4) is 0 Å². The van der Waals surface area contributed by atoms with Crippen LogP contribution in [-0.2, 0) is 4.74 Å². The monoisotopic (exact) mass is 434 g/mol. The van der Waals surface area contributed by atoms with Crippen LogP contribution in [0.5, 0.6) is 0 Å². The number of benzene rings is 1. The molecule has 0 aliphatic carbocycles. The fraction of sp³-hybridized carbons (Fsp3) is 0.435. The zero-order valence-corrected chi connectivity index (χ0v) is 19.1. The first kappa shape index (κ1) is 20.6. The van der Waals surface area contributed by atoms with E-state index in [1.54, 1.807) is 0 Å². The normalized spacial score (nSPS) is 14.4. The summed E-state index contributed by atoms with van der Waals surface area (Å²) in [6.45, 7) is 13.2. The summed E-state index contributed by atoms with van der Waals surface area (Å²) in [7, 11) is 0. The van der Waals surface area contributed by atoms with Crippen molar-refractivity contribution in [3.63, 3.8) is 0 Å². The van der Waals surface area contributed by atoms with Crippen LogP contribution >= 0.6 is 0 Å². The highest BCUT2D eigenvalue weighted by atomic mass is 16.5.